The summed E-state index contributed by atoms with van der Waals surface area (Å²) in [6, 6.07) is 9.88. The second kappa shape index (κ2) is 7.72. The van der Waals surface area contributed by atoms with Crippen molar-refractivity contribution in [3.05, 3.63) is 59.2 Å². The molecule has 1 atom stereocenters. The van der Waals surface area contributed by atoms with Crippen molar-refractivity contribution >= 4 is 17.7 Å². The van der Waals surface area contributed by atoms with E-state index in [2.05, 4.69) is 0 Å². The number of hydrogen-bond donors (Lipinski definition) is 0. The molecule has 1 aliphatic heterocycles. The third kappa shape index (κ3) is 3.85. The highest BCUT2D eigenvalue weighted by molar-refractivity contribution is 7.99. The molecule has 0 radical (unpaired) electrons. The number of para-hydroxylation sites is 1. The molecule has 1 aliphatic rings. The minimum atomic E-state index is -4.49. The molecule has 1 amide bonds. The molecule has 0 unspecified atom stereocenters. The maximum atomic E-state index is 13.0. The van der Waals surface area contributed by atoms with E-state index in [9.17, 15) is 18.0 Å². The molecule has 1 fully saturated rings. The number of carbonyl (C=O) groups is 1. The molecular formula is C19H18F3NO3S. The van der Waals surface area contributed by atoms with Gasteiger partial charge in [0.2, 0.25) is 0 Å². The van der Waals surface area contributed by atoms with Crippen molar-refractivity contribution in [3.8, 4) is 11.5 Å². The van der Waals surface area contributed by atoms with Gasteiger partial charge < -0.3 is 14.4 Å². The first-order valence-electron chi connectivity index (χ1n) is 8.17. The van der Waals surface area contributed by atoms with Crippen LogP contribution in [0.2, 0.25) is 0 Å². The number of hydrogen-bond acceptors (Lipinski definition) is 4. The van der Waals surface area contributed by atoms with Gasteiger partial charge >= 0.3 is 6.18 Å². The van der Waals surface area contributed by atoms with Crippen molar-refractivity contribution in [3.63, 3.8) is 0 Å². The quantitative estimate of drug-likeness (QED) is 0.755. The molecule has 0 aliphatic carbocycles. The number of amides is 1. The number of thioether (sulfide) groups is 1. The van der Waals surface area contributed by atoms with Gasteiger partial charge in [0.1, 0.15) is 5.37 Å². The third-order valence-corrected chi connectivity index (χ3v) is 5.53. The number of nitrogens with zero attached hydrogens (tertiary/aromatic N) is 1. The monoisotopic (exact) mass is 397 g/mol. The van der Waals surface area contributed by atoms with Crippen molar-refractivity contribution in [1.29, 1.82) is 0 Å². The number of rotatable bonds is 4. The first-order chi connectivity index (χ1) is 12.9. The predicted octanol–water partition coefficient (Wildman–Crippen LogP) is 4.61. The van der Waals surface area contributed by atoms with Gasteiger partial charge in [-0.3, -0.25) is 4.79 Å². The Morgan fingerprint density at radius 2 is 1.89 bits per heavy atom. The largest absolute Gasteiger partial charge is 0.493 e. The molecule has 1 heterocycles. The second-order valence-corrected chi connectivity index (χ2v) is 7.07. The summed E-state index contributed by atoms with van der Waals surface area (Å²) in [5, 5.41) is -0.364. The normalized spacial score (nSPS) is 17.1. The minimum Gasteiger partial charge on any atom is -0.493 e. The lowest BCUT2D eigenvalue weighted by Crippen LogP contribution is -2.30. The van der Waals surface area contributed by atoms with Gasteiger partial charge in [0.05, 0.1) is 19.8 Å². The van der Waals surface area contributed by atoms with Crippen LogP contribution in [0.3, 0.4) is 0 Å². The van der Waals surface area contributed by atoms with Crippen molar-refractivity contribution in [1.82, 2.24) is 4.90 Å². The first kappa shape index (κ1) is 19.4. The zero-order valence-corrected chi connectivity index (χ0v) is 15.6. The number of carbonyl (C=O) groups excluding carboxylic acids is 1. The van der Waals surface area contributed by atoms with E-state index in [1.165, 1.54) is 38.1 Å². The highest BCUT2D eigenvalue weighted by Gasteiger charge is 2.35. The van der Waals surface area contributed by atoms with Gasteiger partial charge in [-0.2, -0.15) is 13.2 Å². The van der Waals surface area contributed by atoms with Crippen molar-refractivity contribution in [2.75, 3.05) is 26.5 Å². The zero-order valence-electron chi connectivity index (χ0n) is 14.7. The van der Waals surface area contributed by atoms with Crippen molar-refractivity contribution in [2.45, 2.75) is 11.6 Å². The first-order valence-corrected chi connectivity index (χ1v) is 9.22. The summed E-state index contributed by atoms with van der Waals surface area (Å²) in [6.07, 6.45) is -4.49. The molecule has 0 N–H and O–H groups in total. The molecular weight excluding hydrogens is 379 g/mol. The minimum absolute atomic E-state index is 0.0131. The third-order valence-electron chi connectivity index (χ3n) is 4.29. The summed E-state index contributed by atoms with van der Waals surface area (Å²) in [7, 11) is 3.04. The highest BCUT2D eigenvalue weighted by Crippen LogP contribution is 2.45. The van der Waals surface area contributed by atoms with Crippen LogP contribution < -0.4 is 9.47 Å². The van der Waals surface area contributed by atoms with E-state index in [1.54, 1.807) is 17.0 Å². The van der Waals surface area contributed by atoms with Crippen LogP contribution in [0, 0.1) is 0 Å². The summed E-state index contributed by atoms with van der Waals surface area (Å²) in [5.41, 5.74) is -0.0745. The zero-order chi connectivity index (χ0) is 19.6. The predicted molar refractivity (Wildman–Crippen MR) is 97.2 cm³/mol. The van der Waals surface area contributed by atoms with E-state index in [4.69, 9.17) is 9.47 Å². The molecule has 2 aromatic carbocycles. The lowest BCUT2D eigenvalue weighted by atomic mass is 10.1. The van der Waals surface area contributed by atoms with Gasteiger partial charge in [0.15, 0.2) is 11.5 Å². The topological polar surface area (TPSA) is 38.8 Å². The Morgan fingerprint density at radius 1 is 1.15 bits per heavy atom. The Labute approximate surface area is 159 Å². The molecule has 4 nitrogen and oxygen atoms in total. The fourth-order valence-electron chi connectivity index (χ4n) is 3.04. The average molecular weight is 397 g/mol. The molecule has 0 aromatic heterocycles. The maximum absolute atomic E-state index is 13.0. The lowest BCUT2D eigenvalue weighted by molar-refractivity contribution is -0.137. The summed E-state index contributed by atoms with van der Waals surface area (Å²) in [4.78, 5) is 14.5. The summed E-state index contributed by atoms with van der Waals surface area (Å²) < 4.78 is 49.7. The van der Waals surface area contributed by atoms with Gasteiger partial charge in [0.25, 0.3) is 5.91 Å². The van der Waals surface area contributed by atoms with Crippen molar-refractivity contribution in [2.24, 2.45) is 0 Å². The standard InChI is InChI=1S/C19H18F3NO3S/c1-25-15-8-4-7-14(16(15)26-2)18-23(9-10-27-18)17(24)12-5-3-6-13(11-12)19(20,21)22/h3-8,11,18H,9-10H2,1-2H3/t18-/m1/s1. The molecule has 2 aromatic rings. The Morgan fingerprint density at radius 3 is 2.56 bits per heavy atom. The fourth-order valence-corrected chi connectivity index (χ4v) is 4.31. The molecule has 8 heteroatoms. The van der Waals surface area contributed by atoms with Crippen LogP contribution in [0.5, 0.6) is 11.5 Å². The van der Waals surface area contributed by atoms with Gasteiger partial charge in [0, 0.05) is 23.4 Å². The molecule has 0 saturated carbocycles. The number of methoxy groups -OCH3 is 2. The molecule has 0 spiro atoms. The number of benzene rings is 2. The average Bonchev–Trinajstić information content (AvgIpc) is 3.15. The lowest BCUT2D eigenvalue weighted by Gasteiger charge is -2.26. The maximum Gasteiger partial charge on any atom is 0.416 e. The van der Waals surface area contributed by atoms with E-state index < -0.39 is 17.6 Å². The van der Waals surface area contributed by atoms with Crippen LogP contribution in [0.4, 0.5) is 13.2 Å². The smallest absolute Gasteiger partial charge is 0.416 e. The molecule has 144 valence electrons. The number of ether oxygens (including phenoxy) is 2. The molecule has 3 rings (SSSR count). The molecule has 0 bridgehead atoms. The van der Waals surface area contributed by atoms with Crippen LogP contribution in [0.25, 0.3) is 0 Å². The molecule has 1 saturated heterocycles. The summed E-state index contributed by atoms with van der Waals surface area (Å²) in [5.74, 6) is 1.28. The Balaban J connectivity index is 1.95. The van der Waals surface area contributed by atoms with Gasteiger partial charge in [-0.15, -0.1) is 11.8 Å². The van der Waals surface area contributed by atoms with Gasteiger partial charge in [-0.1, -0.05) is 18.2 Å². The van der Waals surface area contributed by atoms with Gasteiger partial charge in [-0.25, -0.2) is 0 Å². The van der Waals surface area contributed by atoms with E-state index in [1.807, 2.05) is 6.07 Å². The van der Waals surface area contributed by atoms with Crippen LogP contribution in [0.15, 0.2) is 42.5 Å². The highest BCUT2D eigenvalue weighted by atomic mass is 32.2. The van der Waals surface area contributed by atoms with Crippen LogP contribution in [-0.4, -0.2) is 37.3 Å². The Kier molecular flexibility index (Phi) is 5.55. The fraction of sp³-hybridized carbons (Fsp3) is 0.316. The van der Waals surface area contributed by atoms with Gasteiger partial charge in [-0.05, 0) is 24.3 Å². The number of halogens is 3. The number of alkyl halides is 3. The molecule has 27 heavy (non-hydrogen) atoms. The summed E-state index contributed by atoms with van der Waals surface area (Å²) in [6.45, 7) is 0.435. The van der Waals surface area contributed by atoms with Crippen molar-refractivity contribution < 1.29 is 27.4 Å². The Hall–Kier alpha value is -2.35. The summed E-state index contributed by atoms with van der Waals surface area (Å²) >= 11 is 1.53. The SMILES string of the molecule is COc1cccc([C@H]2SCCN2C(=O)c2cccc(C(F)(F)F)c2)c1OC. The van der Waals surface area contributed by atoms with Crippen LogP contribution >= 0.6 is 11.8 Å². The van der Waals surface area contributed by atoms with Crippen LogP contribution in [0.1, 0.15) is 26.9 Å². The Bertz CT molecular complexity index is 841. The van der Waals surface area contributed by atoms with E-state index in [-0.39, 0.29) is 10.9 Å². The van der Waals surface area contributed by atoms with E-state index in [0.717, 1.165) is 17.7 Å². The van der Waals surface area contributed by atoms with E-state index in [0.29, 0.717) is 23.8 Å². The van der Waals surface area contributed by atoms with E-state index >= 15 is 0 Å². The second-order valence-electron chi connectivity index (χ2n) is 5.88. The van der Waals surface area contributed by atoms with Crippen LogP contribution in [-0.2, 0) is 6.18 Å².